The zero-order valence-electron chi connectivity index (χ0n) is 14.2. The Morgan fingerprint density at radius 2 is 1.07 bits per heavy atom. The molecule has 0 radical (unpaired) electrons. The number of hydrogen-bond donors (Lipinski definition) is 7. The maximum atomic E-state index is 12.0. The standard InChI is InChI=1S/C17H16N4O7/c18-14(25)7-4-8(15(19)26)12(17(21)28)6(11(7)16(20)27)1-5-2-9(22)13(24)10(23)3-5/h2-4,22-24H,1H2,(H2,18,25)(H2,19,26)(H2,20,27)(H2,21,28). The molecule has 0 heterocycles. The van der Waals surface area contributed by atoms with Gasteiger partial charge in [-0.25, -0.2) is 0 Å². The Labute approximate surface area is 157 Å². The van der Waals surface area contributed by atoms with Crippen molar-refractivity contribution in [2.45, 2.75) is 6.42 Å². The number of phenolic OH excluding ortho intramolecular Hbond substituents is 3. The van der Waals surface area contributed by atoms with Crippen LogP contribution in [0.1, 0.15) is 52.6 Å². The molecule has 2 aromatic carbocycles. The molecule has 0 saturated carbocycles. The third kappa shape index (κ3) is 3.49. The van der Waals surface area contributed by atoms with E-state index in [0.29, 0.717) is 0 Å². The van der Waals surface area contributed by atoms with E-state index in [1.807, 2.05) is 0 Å². The Bertz CT molecular complexity index is 973. The topological polar surface area (TPSA) is 233 Å². The van der Waals surface area contributed by atoms with Crippen molar-refractivity contribution in [2.24, 2.45) is 22.9 Å². The van der Waals surface area contributed by atoms with E-state index >= 15 is 0 Å². The summed E-state index contributed by atoms with van der Waals surface area (Å²) in [6.07, 6.45) is -0.403. The van der Waals surface area contributed by atoms with Gasteiger partial charge in [0.05, 0.1) is 22.3 Å². The van der Waals surface area contributed by atoms with Crippen LogP contribution >= 0.6 is 0 Å². The van der Waals surface area contributed by atoms with Crippen LogP contribution in [0.4, 0.5) is 0 Å². The van der Waals surface area contributed by atoms with Crippen LogP contribution in [-0.2, 0) is 6.42 Å². The van der Waals surface area contributed by atoms with E-state index in [2.05, 4.69) is 0 Å². The zero-order chi connectivity index (χ0) is 21.3. The monoisotopic (exact) mass is 388 g/mol. The maximum Gasteiger partial charge on any atom is 0.249 e. The molecule has 0 spiro atoms. The zero-order valence-corrected chi connectivity index (χ0v) is 14.2. The largest absolute Gasteiger partial charge is 0.504 e. The number of rotatable bonds is 6. The Kier molecular flexibility index (Phi) is 5.12. The van der Waals surface area contributed by atoms with Crippen molar-refractivity contribution in [3.05, 3.63) is 51.6 Å². The van der Waals surface area contributed by atoms with Crippen LogP contribution in [0, 0.1) is 0 Å². The van der Waals surface area contributed by atoms with Gasteiger partial charge in [-0.1, -0.05) is 0 Å². The molecule has 0 atom stereocenters. The number of hydrogen-bond acceptors (Lipinski definition) is 7. The predicted octanol–water partition coefficient (Wildman–Crippen LogP) is -1.21. The van der Waals surface area contributed by atoms with E-state index in [4.69, 9.17) is 22.9 Å². The van der Waals surface area contributed by atoms with E-state index in [0.717, 1.165) is 18.2 Å². The number of benzene rings is 2. The molecule has 0 unspecified atom stereocenters. The summed E-state index contributed by atoms with van der Waals surface area (Å²) >= 11 is 0. The van der Waals surface area contributed by atoms with Gasteiger partial charge in [0.1, 0.15) is 0 Å². The van der Waals surface area contributed by atoms with Crippen LogP contribution in [-0.4, -0.2) is 38.9 Å². The first-order chi connectivity index (χ1) is 13.0. The van der Waals surface area contributed by atoms with Gasteiger partial charge in [-0.15, -0.1) is 0 Å². The highest BCUT2D eigenvalue weighted by molar-refractivity contribution is 6.14. The van der Waals surface area contributed by atoms with Gasteiger partial charge in [-0.05, 0) is 35.7 Å². The first kappa shape index (κ1) is 20.0. The van der Waals surface area contributed by atoms with Gasteiger partial charge in [0.2, 0.25) is 23.6 Å². The lowest BCUT2D eigenvalue weighted by Crippen LogP contribution is -2.29. The summed E-state index contributed by atoms with van der Waals surface area (Å²) in [4.78, 5) is 47.5. The van der Waals surface area contributed by atoms with Gasteiger partial charge in [-0.3, -0.25) is 19.2 Å². The molecule has 0 aliphatic carbocycles. The van der Waals surface area contributed by atoms with E-state index in [1.54, 1.807) is 0 Å². The minimum atomic E-state index is -1.14. The van der Waals surface area contributed by atoms with Crippen molar-refractivity contribution in [2.75, 3.05) is 0 Å². The number of amides is 4. The lowest BCUT2D eigenvalue weighted by atomic mass is 9.86. The third-order valence-electron chi connectivity index (χ3n) is 3.96. The molecular formula is C17H16N4O7. The summed E-state index contributed by atoms with van der Waals surface area (Å²) in [7, 11) is 0. The Morgan fingerprint density at radius 3 is 1.39 bits per heavy atom. The van der Waals surface area contributed by atoms with Gasteiger partial charge in [0.15, 0.2) is 17.2 Å². The molecule has 11 heteroatoms. The van der Waals surface area contributed by atoms with Gasteiger partial charge < -0.3 is 38.3 Å². The quantitative estimate of drug-likeness (QED) is 0.298. The lowest BCUT2D eigenvalue weighted by Gasteiger charge is -2.17. The Balaban J connectivity index is 2.93. The van der Waals surface area contributed by atoms with Crippen LogP contribution in [0.5, 0.6) is 17.2 Å². The molecule has 28 heavy (non-hydrogen) atoms. The van der Waals surface area contributed by atoms with Crippen molar-refractivity contribution >= 4 is 23.6 Å². The average molecular weight is 388 g/mol. The number of carbonyl (C=O) groups is 4. The molecule has 0 bridgehead atoms. The molecular weight excluding hydrogens is 372 g/mol. The fourth-order valence-corrected chi connectivity index (χ4v) is 2.83. The highest BCUT2D eigenvalue weighted by Gasteiger charge is 2.28. The van der Waals surface area contributed by atoms with Gasteiger partial charge in [-0.2, -0.15) is 0 Å². The van der Waals surface area contributed by atoms with Crippen LogP contribution in [0.3, 0.4) is 0 Å². The SMILES string of the molecule is NC(=O)c1cc(C(N)=O)c(C(N)=O)c(Cc2cc(O)c(O)c(O)c2)c1C(N)=O. The molecule has 146 valence electrons. The smallest absolute Gasteiger partial charge is 0.249 e. The lowest BCUT2D eigenvalue weighted by molar-refractivity contribution is 0.0955. The first-order valence-electron chi connectivity index (χ1n) is 7.58. The fourth-order valence-electron chi connectivity index (χ4n) is 2.83. The van der Waals surface area contributed by atoms with Gasteiger partial charge >= 0.3 is 0 Å². The Morgan fingerprint density at radius 1 is 0.679 bits per heavy atom. The third-order valence-corrected chi connectivity index (χ3v) is 3.96. The number of carbonyl (C=O) groups excluding carboxylic acids is 4. The van der Waals surface area contributed by atoms with Crippen LogP contribution in [0.25, 0.3) is 0 Å². The molecule has 0 aliphatic rings. The van der Waals surface area contributed by atoms with E-state index in [1.165, 1.54) is 0 Å². The van der Waals surface area contributed by atoms with Crippen molar-refractivity contribution in [1.82, 2.24) is 0 Å². The summed E-state index contributed by atoms with van der Waals surface area (Å²) < 4.78 is 0. The van der Waals surface area contributed by atoms with E-state index in [9.17, 15) is 34.5 Å². The van der Waals surface area contributed by atoms with Crippen LogP contribution in [0.15, 0.2) is 18.2 Å². The van der Waals surface area contributed by atoms with Gasteiger partial charge in [0, 0.05) is 0 Å². The average Bonchev–Trinajstić information content (AvgIpc) is 2.57. The Hall–Kier alpha value is -4.28. The van der Waals surface area contributed by atoms with Crippen molar-refractivity contribution in [3.63, 3.8) is 0 Å². The summed E-state index contributed by atoms with van der Waals surface area (Å²) in [6.45, 7) is 0. The summed E-state index contributed by atoms with van der Waals surface area (Å²) in [5.41, 5.74) is 19.1. The summed E-state index contributed by atoms with van der Waals surface area (Å²) in [6, 6.07) is 2.89. The molecule has 0 aromatic heterocycles. The molecule has 0 fully saturated rings. The minimum Gasteiger partial charge on any atom is -0.504 e. The number of primary amides is 4. The predicted molar refractivity (Wildman–Crippen MR) is 94.8 cm³/mol. The van der Waals surface area contributed by atoms with Crippen LogP contribution < -0.4 is 22.9 Å². The highest BCUT2D eigenvalue weighted by atomic mass is 16.3. The molecule has 2 rings (SSSR count). The van der Waals surface area contributed by atoms with E-state index < -0.39 is 69.6 Å². The number of aromatic hydroxyl groups is 3. The summed E-state index contributed by atoms with van der Waals surface area (Å²) in [5.74, 6) is -6.72. The molecule has 11 nitrogen and oxygen atoms in total. The normalized spacial score (nSPS) is 10.4. The second-order valence-corrected chi connectivity index (χ2v) is 5.82. The number of nitrogens with two attached hydrogens (primary N) is 4. The molecule has 4 amide bonds. The molecule has 0 saturated heterocycles. The summed E-state index contributed by atoms with van der Waals surface area (Å²) in [5, 5.41) is 28.8. The van der Waals surface area contributed by atoms with E-state index in [-0.39, 0.29) is 11.1 Å². The highest BCUT2D eigenvalue weighted by Crippen LogP contribution is 2.37. The fraction of sp³-hybridized carbons (Fsp3) is 0.0588. The van der Waals surface area contributed by atoms with Gasteiger partial charge in [0.25, 0.3) is 0 Å². The van der Waals surface area contributed by atoms with Crippen molar-refractivity contribution in [3.8, 4) is 17.2 Å². The first-order valence-corrected chi connectivity index (χ1v) is 7.58. The molecule has 11 N–H and O–H groups in total. The second kappa shape index (κ2) is 7.15. The maximum absolute atomic E-state index is 12.0. The van der Waals surface area contributed by atoms with Crippen LogP contribution in [0.2, 0.25) is 0 Å². The van der Waals surface area contributed by atoms with Crippen molar-refractivity contribution in [1.29, 1.82) is 0 Å². The van der Waals surface area contributed by atoms with Crippen molar-refractivity contribution < 1.29 is 34.5 Å². The number of phenols is 3. The minimum absolute atomic E-state index is 0.0786. The molecule has 2 aromatic rings. The molecule has 0 aliphatic heterocycles. The second-order valence-electron chi connectivity index (χ2n) is 5.82.